The van der Waals surface area contributed by atoms with Gasteiger partial charge in [-0.25, -0.2) is 0 Å². The molecule has 0 heteroatoms. The van der Waals surface area contributed by atoms with Crippen LogP contribution in [0.1, 0.15) is 19.8 Å². The highest BCUT2D eigenvalue weighted by Crippen LogP contribution is 2.47. The second-order valence-corrected chi connectivity index (χ2v) is 3.65. The van der Waals surface area contributed by atoms with E-state index in [0.29, 0.717) is 0 Å². The van der Waals surface area contributed by atoms with Crippen LogP contribution in [0.15, 0.2) is 24.3 Å². The molecule has 0 aromatic carbocycles. The summed E-state index contributed by atoms with van der Waals surface area (Å²) in [7, 11) is 0. The number of rotatable bonds is 1. The highest BCUT2D eigenvalue weighted by Gasteiger charge is 2.36. The van der Waals surface area contributed by atoms with Gasteiger partial charge in [-0.3, -0.25) is 0 Å². The smallest absolute Gasteiger partial charge is 0.0137 e. The molecule has 0 N–H and O–H groups in total. The maximum absolute atomic E-state index is 3.87. The Hall–Kier alpha value is -0.520. The van der Waals surface area contributed by atoms with Gasteiger partial charge in [0.1, 0.15) is 0 Å². The third-order valence-corrected chi connectivity index (χ3v) is 3.03. The van der Waals surface area contributed by atoms with Crippen LogP contribution in [0.4, 0.5) is 0 Å². The normalized spacial score (nSPS) is 43.7. The van der Waals surface area contributed by atoms with E-state index in [9.17, 15) is 0 Å². The molecule has 0 aliphatic heterocycles. The Labute approximate surface area is 62.6 Å². The first-order chi connectivity index (χ1) is 4.81. The second-order valence-electron chi connectivity index (χ2n) is 3.65. The summed E-state index contributed by atoms with van der Waals surface area (Å²) in [6.07, 6.45) is 7.36. The average Bonchev–Trinajstić information content (AvgIpc) is 2.44. The Morgan fingerprint density at radius 2 is 2.40 bits per heavy atom. The topological polar surface area (TPSA) is 0 Å². The summed E-state index contributed by atoms with van der Waals surface area (Å²) in [6.45, 7) is 6.13. The van der Waals surface area contributed by atoms with Crippen LogP contribution >= 0.6 is 0 Å². The molecule has 0 nitrogen and oxygen atoms in total. The molecule has 0 aromatic rings. The van der Waals surface area contributed by atoms with E-state index in [4.69, 9.17) is 0 Å². The van der Waals surface area contributed by atoms with E-state index in [1.807, 2.05) is 0 Å². The number of hydrogen-bond acceptors (Lipinski definition) is 0. The van der Waals surface area contributed by atoms with Gasteiger partial charge in [-0.15, -0.1) is 6.58 Å². The largest absolute Gasteiger partial charge is 0.103 e. The van der Waals surface area contributed by atoms with Crippen LogP contribution in [-0.4, -0.2) is 0 Å². The summed E-state index contributed by atoms with van der Waals surface area (Å²) in [5, 5.41) is 0. The number of fused-ring (bicyclic) bond motifs is 2. The summed E-state index contributed by atoms with van der Waals surface area (Å²) >= 11 is 0. The number of allylic oxidation sites excluding steroid dienone is 3. The molecule has 54 valence electrons. The van der Waals surface area contributed by atoms with Gasteiger partial charge in [0.15, 0.2) is 0 Å². The molecule has 2 bridgehead atoms. The predicted molar refractivity (Wildman–Crippen MR) is 43.7 cm³/mol. The summed E-state index contributed by atoms with van der Waals surface area (Å²) in [5.41, 5.74) is 1.61. The Morgan fingerprint density at radius 3 is 2.80 bits per heavy atom. The first kappa shape index (κ1) is 6.21. The first-order valence-corrected chi connectivity index (χ1v) is 4.12. The monoisotopic (exact) mass is 134 g/mol. The van der Waals surface area contributed by atoms with Gasteiger partial charge < -0.3 is 0 Å². The van der Waals surface area contributed by atoms with Crippen molar-refractivity contribution in [1.29, 1.82) is 0 Å². The van der Waals surface area contributed by atoms with Crippen molar-refractivity contribution in [1.82, 2.24) is 0 Å². The lowest BCUT2D eigenvalue weighted by Gasteiger charge is -2.17. The summed E-state index contributed by atoms with van der Waals surface area (Å²) in [5.74, 6) is 2.56. The molecule has 0 heterocycles. The van der Waals surface area contributed by atoms with Gasteiger partial charge in [0, 0.05) is 0 Å². The molecule has 2 rings (SSSR count). The maximum atomic E-state index is 3.87. The Morgan fingerprint density at radius 1 is 1.60 bits per heavy atom. The van der Waals surface area contributed by atoms with Crippen molar-refractivity contribution in [2.24, 2.45) is 17.8 Å². The molecule has 0 amide bonds. The highest BCUT2D eigenvalue weighted by molar-refractivity contribution is 5.21. The molecule has 1 fully saturated rings. The van der Waals surface area contributed by atoms with Crippen molar-refractivity contribution >= 4 is 0 Å². The quantitative estimate of drug-likeness (QED) is 0.484. The van der Waals surface area contributed by atoms with Crippen molar-refractivity contribution in [3.05, 3.63) is 24.3 Å². The molecule has 0 aromatic heterocycles. The van der Waals surface area contributed by atoms with Crippen molar-refractivity contribution in [2.75, 3.05) is 0 Å². The Bertz CT molecular complexity index is 188. The van der Waals surface area contributed by atoms with Crippen molar-refractivity contribution in [3.63, 3.8) is 0 Å². The van der Waals surface area contributed by atoms with Crippen LogP contribution in [0.3, 0.4) is 0 Å². The summed E-state index contributed by atoms with van der Waals surface area (Å²) in [6, 6.07) is 0. The fourth-order valence-electron chi connectivity index (χ4n) is 2.53. The van der Waals surface area contributed by atoms with E-state index in [0.717, 1.165) is 17.8 Å². The molecule has 0 unspecified atom stereocenters. The van der Waals surface area contributed by atoms with Gasteiger partial charge >= 0.3 is 0 Å². The third kappa shape index (κ3) is 0.681. The van der Waals surface area contributed by atoms with Crippen LogP contribution in [0.5, 0.6) is 0 Å². The van der Waals surface area contributed by atoms with E-state index in [1.54, 1.807) is 5.57 Å². The molecule has 2 aliphatic rings. The highest BCUT2D eigenvalue weighted by atomic mass is 14.4. The molecule has 0 saturated heterocycles. The zero-order valence-corrected chi connectivity index (χ0v) is 6.51. The summed E-state index contributed by atoms with van der Waals surface area (Å²) in [4.78, 5) is 0. The lowest BCUT2D eigenvalue weighted by molar-refractivity contribution is 0.525. The maximum Gasteiger partial charge on any atom is -0.0137 e. The van der Waals surface area contributed by atoms with Gasteiger partial charge in [-0.05, 0) is 37.5 Å². The van der Waals surface area contributed by atoms with Gasteiger partial charge in [0.2, 0.25) is 0 Å². The molecule has 0 spiro atoms. The number of hydrogen-bond donors (Lipinski definition) is 0. The minimum atomic E-state index is 0.801. The van der Waals surface area contributed by atoms with Crippen molar-refractivity contribution in [2.45, 2.75) is 19.8 Å². The summed E-state index contributed by atoms with van der Waals surface area (Å²) < 4.78 is 0. The lowest BCUT2D eigenvalue weighted by atomic mass is 9.88. The molecular weight excluding hydrogens is 120 g/mol. The van der Waals surface area contributed by atoms with Crippen LogP contribution in [0.25, 0.3) is 0 Å². The Balaban J connectivity index is 2.23. The predicted octanol–water partition coefficient (Wildman–Crippen LogP) is 2.77. The molecule has 10 heavy (non-hydrogen) atoms. The fraction of sp³-hybridized carbons (Fsp3) is 0.600. The van der Waals surface area contributed by atoms with Crippen molar-refractivity contribution < 1.29 is 0 Å². The first-order valence-electron chi connectivity index (χ1n) is 4.12. The lowest BCUT2D eigenvalue weighted by Crippen LogP contribution is -2.06. The van der Waals surface area contributed by atoms with Crippen LogP contribution in [-0.2, 0) is 0 Å². The van der Waals surface area contributed by atoms with Crippen LogP contribution in [0.2, 0.25) is 0 Å². The van der Waals surface area contributed by atoms with Gasteiger partial charge in [-0.1, -0.05) is 17.7 Å². The zero-order chi connectivity index (χ0) is 7.14. The van der Waals surface area contributed by atoms with Crippen LogP contribution < -0.4 is 0 Å². The van der Waals surface area contributed by atoms with Gasteiger partial charge in [0.25, 0.3) is 0 Å². The van der Waals surface area contributed by atoms with E-state index in [-0.39, 0.29) is 0 Å². The van der Waals surface area contributed by atoms with Crippen molar-refractivity contribution in [3.8, 4) is 0 Å². The molecule has 1 saturated carbocycles. The van der Waals surface area contributed by atoms with E-state index < -0.39 is 0 Å². The minimum Gasteiger partial charge on any atom is -0.103 e. The van der Waals surface area contributed by atoms with E-state index in [1.165, 1.54) is 12.8 Å². The van der Waals surface area contributed by atoms with Gasteiger partial charge in [0.05, 0.1) is 0 Å². The minimum absolute atomic E-state index is 0.801. The molecule has 3 atom stereocenters. The fourth-order valence-corrected chi connectivity index (χ4v) is 2.53. The zero-order valence-electron chi connectivity index (χ0n) is 6.51. The van der Waals surface area contributed by atoms with E-state index >= 15 is 0 Å². The van der Waals surface area contributed by atoms with Gasteiger partial charge in [-0.2, -0.15) is 0 Å². The Kier molecular flexibility index (Phi) is 1.23. The standard InChI is InChI=1S/C10H14/c1-3-9-5-8-4-7(2)10(9)6-8/h3-4,8-10H,1,5-6H2,2H3/t8-,9-,10+/m0/s1. The second kappa shape index (κ2) is 1.98. The van der Waals surface area contributed by atoms with E-state index in [2.05, 4.69) is 25.7 Å². The average molecular weight is 134 g/mol. The SMILES string of the molecule is C=C[C@H]1C[C@@H]2C=C(C)[C@H]1C2. The molecule has 0 radical (unpaired) electrons. The molecule has 2 aliphatic carbocycles. The third-order valence-electron chi connectivity index (χ3n) is 3.03. The molecular formula is C10H14. The van der Waals surface area contributed by atoms with Crippen LogP contribution in [0, 0.1) is 17.8 Å².